The third kappa shape index (κ3) is 3.06. The normalized spacial score (nSPS) is 10.4. The van der Waals surface area contributed by atoms with E-state index in [-0.39, 0.29) is 6.61 Å². The first-order valence-electron chi connectivity index (χ1n) is 6.81. The molecule has 0 bridgehead atoms. The highest BCUT2D eigenvalue weighted by Gasteiger charge is 2.13. The topological polar surface area (TPSA) is 71.1 Å². The standard InChI is InChI=1S/C16H19N3O2/c1-11-15(6-7-20)12(2)19(18-11)10-14-5-4-13(9-17)8-16(14)21-3/h4-5,8,20H,6-7,10H2,1-3H3. The third-order valence-corrected chi connectivity index (χ3v) is 3.63. The van der Waals surface area contributed by atoms with Crippen molar-refractivity contribution in [3.05, 3.63) is 46.3 Å². The minimum absolute atomic E-state index is 0.119. The van der Waals surface area contributed by atoms with Gasteiger partial charge in [0.2, 0.25) is 0 Å². The average molecular weight is 285 g/mol. The van der Waals surface area contributed by atoms with Crippen LogP contribution in [0.2, 0.25) is 0 Å². The molecule has 5 heteroatoms. The number of nitriles is 1. The van der Waals surface area contributed by atoms with Crippen molar-refractivity contribution < 1.29 is 9.84 Å². The fourth-order valence-electron chi connectivity index (χ4n) is 2.47. The number of methoxy groups -OCH3 is 1. The molecule has 0 radical (unpaired) electrons. The van der Waals surface area contributed by atoms with Crippen LogP contribution >= 0.6 is 0 Å². The Balaban J connectivity index is 2.35. The van der Waals surface area contributed by atoms with Crippen LogP contribution in [0.5, 0.6) is 5.75 Å². The minimum atomic E-state index is 0.119. The maximum absolute atomic E-state index is 9.12. The molecular formula is C16H19N3O2. The smallest absolute Gasteiger partial charge is 0.125 e. The fraction of sp³-hybridized carbons (Fsp3) is 0.375. The van der Waals surface area contributed by atoms with Crippen molar-refractivity contribution in [3.8, 4) is 11.8 Å². The number of rotatable bonds is 5. The molecule has 0 aliphatic rings. The Morgan fingerprint density at radius 3 is 2.76 bits per heavy atom. The summed E-state index contributed by atoms with van der Waals surface area (Å²) in [7, 11) is 1.60. The van der Waals surface area contributed by atoms with E-state index in [1.807, 2.05) is 24.6 Å². The number of hydrogen-bond donors (Lipinski definition) is 1. The van der Waals surface area contributed by atoms with E-state index in [2.05, 4.69) is 11.2 Å². The van der Waals surface area contributed by atoms with Gasteiger partial charge in [0.05, 0.1) is 31.0 Å². The lowest BCUT2D eigenvalue weighted by molar-refractivity contribution is 0.299. The number of nitrogens with zero attached hydrogens (tertiary/aromatic N) is 3. The summed E-state index contributed by atoms with van der Waals surface area (Å²) in [6.07, 6.45) is 0.613. The van der Waals surface area contributed by atoms with Crippen molar-refractivity contribution in [1.29, 1.82) is 5.26 Å². The van der Waals surface area contributed by atoms with Gasteiger partial charge in [-0.05, 0) is 38.0 Å². The van der Waals surface area contributed by atoms with E-state index in [1.165, 1.54) is 0 Å². The molecule has 0 saturated heterocycles. The first-order valence-corrected chi connectivity index (χ1v) is 6.81. The number of benzene rings is 1. The van der Waals surface area contributed by atoms with Gasteiger partial charge in [-0.15, -0.1) is 0 Å². The van der Waals surface area contributed by atoms with Gasteiger partial charge in [0.1, 0.15) is 5.75 Å². The monoisotopic (exact) mass is 285 g/mol. The van der Waals surface area contributed by atoms with Crippen molar-refractivity contribution >= 4 is 0 Å². The van der Waals surface area contributed by atoms with Gasteiger partial charge >= 0.3 is 0 Å². The van der Waals surface area contributed by atoms with Crippen LogP contribution in [-0.4, -0.2) is 28.6 Å². The van der Waals surface area contributed by atoms with Crippen molar-refractivity contribution in [1.82, 2.24) is 9.78 Å². The van der Waals surface area contributed by atoms with Gasteiger partial charge in [0.25, 0.3) is 0 Å². The van der Waals surface area contributed by atoms with Gasteiger partial charge < -0.3 is 9.84 Å². The summed E-state index contributed by atoms with van der Waals surface area (Å²) in [6, 6.07) is 7.50. The van der Waals surface area contributed by atoms with Gasteiger partial charge in [-0.25, -0.2) is 0 Å². The Hall–Kier alpha value is -2.32. The second kappa shape index (κ2) is 6.42. The summed E-state index contributed by atoms with van der Waals surface area (Å²) in [5.41, 5.74) is 4.62. The number of ether oxygens (including phenoxy) is 1. The molecule has 1 N–H and O–H groups in total. The summed E-state index contributed by atoms with van der Waals surface area (Å²) in [5, 5.41) is 22.6. The Morgan fingerprint density at radius 2 is 2.14 bits per heavy atom. The number of aliphatic hydroxyl groups excluding tert-OH is 1. The highest BCUT2D eigenvalue weighted by molar-refractivity contribution is 5.42. The quantitative estimate of drug-likeness (QED) is 0.911. The van der Waals surface area contributed by atoms with Crippen molar-refractivity contribution in [2.45, 2.75) is 26.8 Å². The Morgan fingerprint density at radius 1 is 1.38 bits per heavy atom. The van der Waals surface area contributed by atoms with Crippen LogP contribution in [0.15, 0.2) is 18.2 Å². The molecule has 5 nitrogen and oxygen atoms in total. The van der Waals surface area contributed by atoms with Crippen LogP contribution in [-0.2, 0) is 13.0 Å². The largest absolute Gasteiger partial charge is 0.496 e. The third-order valence-electron chi connectivity index (χ3n) is 3.63. The number of hydrogen-bond acceptors (Lipinski definition) is 4. The summed E-state index contributed by atoms with van der Waals surface area (Å²) in [6.45, 7) is 4.65. The lowest BCUT2D eigenvalue weighted by atomic mass is 10.1. The van der Waals surface area contributed by atoms with Crippen molar-refractivity contribution in [3.63, 3.8) is 0 Å². The molecule has 0 atom stereocenters. The summed E-state index contributed by atoms with van der Waals surface area (Å²) in [5.74, 6) is 0.685. The van der Waals surface area contributed by atoms with Gasteiger partial charge in [0.15, 0.2) is 0 Å². The summed E-state index contributed by atoms with van der Waals surface area (Å²) >= 11 is 0. The SMILES string of the molecule is COc1cc(C#N)ccc1Cn1nc(C)c(CCO)c1C. The molecule has 0 saturated carbocycles. The second-order valence-electron chi connectivity index (χ2n) is 4.92. The van der Waals surface area contributed by atoms with Gasteiger partial charge in [-0.3, -0.25) is 4.68 Å². The van der Waals surface area contributed by atoms with Crippen LogP contribution in [0, 0.1) is 25.2 Å². The lowest BCUT2D eigenvalue weighted by Crippen LogP contribution is -2.06. The van der Waals surface area contributed by atoms with Crippen molar-refractivity contribution in [2.75, 3.05) is 13.7 Å². The van der Waals surface area contributed by atoms with Gasteiger partial charge in [0, 0.05) is 17.9 Å². The first-order chi connectivity index (χ1) is 10.1. The average Bonchev–Trinajstić information content (AvgIpc) is 2.75. The maximum atomic E-state index is 9.12. The van der Waals surface area contributed by atoms with Gasteiger partial charge in [-0.2, -0.15) is 10.4 Å². The summed E-state index contributed by atoms with van der Waals surface area (Å²) < 4.78 is 7.26. The minimum Gasteiger partial charge on any atom is -0.496 e. The molecule has 1 heterocycles. The van der Waals surface area contributed by atoms with E-state index in [1.54, 1.807) is 19.2 Å². The molecule has 0 amide bonds. The van der Waals surface area contributed by atoms with Crippen LogP contribution < -0.4 is 4.74 Å². The van der Waals surface area contributed by atoms with E-state index in [4.69, 9.17) is 15.1 Å². The second-order valence-corrected chi connectivity index (χ2v) is 4.92. The van der Waals surface area contributed by atoms with Crippen LogP contribution in [0.3, 0.4) is 0 Å². The van der Waals surface area contributed by atoms with Gasteiger partial charge in [-0.1, -0.05) is 6.07 Å². The Bertz CT molecular complexity index is 684. The molecule has 1 aromatic heterocycles. The molecular weight excluding hydrogens is 266 g/mol. The lowest BCUT2D eigenvalue weighted by Gasteiger charge is -2.10. The van der Waals surface area contributed by atoms with Crippen LogP contribution in [0.4, 0.5) is 0 Å². The molecule has 0 spiro atoms. The highest BCUT2D eigenvalue weighted by atomic mass is 16.5. The van der Waals surface area contributed by atoms with Crippen LogP contribution in [0.1, 0.15) is 28.1 Å². The van der Waals surface area contributed by atoms with E-state index in [9.17, 15) is 0 Å². The van der Waals surface area contributed by atoms with E-state index < -0.39 is 0 Å². The molecule has 1 aromatic carbocycles. The molecule has 0 aliphatic carbocycles. The zero-order chi connectivity index (χ0) is 15.4. The molecule has 2 rings (SSSR count). The first kappa shape index (κ1) is 15.1. The predicted octanol–water partition coefficient (Wildman–Crippen LogP) is 1.96. The molecule has 0 fully saturated rings. The van der Waals surface area contributed by atoms with E-state index >= 15 is 0 Å². The molecule has 110 valence electrons. The van der Waals surface area contributed by atoms with Crippen LogP contribution in [0.25, 0.3) is 0 Å². The van der Waals surface area contributed by atoms with Crippen molar-refractivity contribution in [2.24, 2.45) is 0 Å². The maximum Gasteiger partial charge on any atom is 0.125 e. The molecule has 0 unspecified atom stereocenters. The Labute approximate surface area is 124 Å². The molecule has 0 aliphatic heterocycles. The summed E-state index contributed by atoms with van der Waals surface area (Å²) in [4.78, 5) is 0. The fourth-order valence-corrected chi connectivity index (χ4v) is 2.47. The number of aromatic nitrogens is 2. The zero-order valence-electron chi connectivity index (χ0n) is 12.6. The predicted molar refractivity (Wildman–Crippen MR) is 79.3 cm³/mol. The highest BCUT2D eigenvalue weighted by Crippen LogP contribution is 2.22. The molecule has 2 aromatic rings. The zero-order valence-corrected chi connectivity index (χ0v) is 12.6. The molecule has 21 heavy (non-hydrogen) atoms. The Kier molecular flexibility index (Phi) is 4.61. The number of aryl methyl sites for hydroxylation is 1. The number of aliphatic hydroxyl groups is 1. The van der Waals surface area contributed by atoms with E-state index in [0.29, 0.717) is 24.3 Å². The van der Waals surface area contributed by atoms with E-state index in [0.717, 1.165) is 22.5 Å².